The largest absolute Gasteiger partial charge is 0.481 e. The van der Waals surface area contributed by atoms with Gasteiger partial charge in [0.15, 0.2) is 0 Å². The molecular formula is C7H9NO3. The highest BCUT2D eigenvalue weighted by Crippen LogP contribution is 2.49. The van der Waals surface area contributed by atoms with Crippen LogP contribution in [0.1, 0.15) is 19.3 Å². The van der Waals surface area contributed by atoms with Crippen LogP contribution in [0.15, 0.2) is 0 Å². The second kappa shape index (κ2) is 1.75. The van der Waals surface area contributed by atoms with E-state index in [2.05, 4.69) is 5.32 Å². The van der Waals surface area contributed by atoms with E-state index in [0.29, 0.717) is 19.3 Å². The molecule has 2 atom stereocenters. The van der Waals surface area contributed by atoms with Crippen molar-refractivity contribution in [1.82, 2.24) is 5.32 Å². The second-order valence-corrected chi connectivity index (χ2v) is 3.30. The molecule has 2 rings (SSSR count). The number of carboxylic acids is 1. The Labute approximate surface area is 63.6 Å². The van der Waals surface area contributed by atoms with Crippen molar-refractivity contribution < 1.29 is 14.7 Å². The molecule has 1 heterocycles. The number of carbonyl (C=O) groups is 2. The molecule has 4 nitrogen and oxygen atoms in total. The van der Waals surface area contributed by atoms with E-state index in [0.717, 1.165) is 0 Å². The van der Waals surface area contributed by atoms with Crippen molar-refractivity contribution in [3.05, 3.63) is 0 Å². The van der Waals surface area contributed by atoms with Gasteiger partial charge < -0.3 is 10.4 Å². The van der Waals surface area contributed by atoms with E-state index in [4.69, 9.17) is 5.11 Å². The van der Waals surface area contributed by atoms with E-state index < -0.39 is 5.97 Å². The molecule has 0 aromatic rings. The molecule has 2 aliphatic rings. The van der Waals surface area contributed by atoms with E-state index >= 15 is 0 Å². The Morgan fingerprint density at radius 1 is 1.73 bits per heavy atom. The zero-order chi connectivity index (χ0) is 8.06. The zero-order valence-corrected chi connectivity index (χ0v) is 5.96. The molecule has 4 heteroatoms. The number of aliphatic carboxylic acids is 1. The summed E-state index contributed by atoms with van der Waals surface area (Å²) in [6.07, 6.45) is 1.81. The van der Waals surface area contributed by atoms with Crippen LogP contribution < -0.4 is 5.32 Å². The van der Waals surface area contributed by atoms with Crippen molar-refractivity contribution in [3.8, 4) is 0 Å². The predicted octanol–water partition coefficient (Wildman–Crippen LogP) is -0.260. The molecule has 2 fully saturated rings. The van der Waals surface area contributed by atoms with Gasteiger partial charge in [0.1, 0.15) is 0 Å². The second-order valence-electron chi connectivity index (χ2n) is 3.30. The lowest BCUT2D eigenvalue weighted by Gasteiger charge is -2.05. The summed E-state index contributed by atoms with van der Waals surface area (Å²) in [6, 6.07) is 0. The van der Waals surface area contributed by atoms with Gasteiger partial charge in [-0.3, -0.25) is 9.59 Å². The maximum absolute atomic E-state index is 10.8. The number of rotatable bonds is 1. The molecule has 1 saturated heterocycles. The Hall–Kier alpha value is -1.06. The van der Waals surface area contributed by atoms with E-state index in [1.807, 2.05) is 0 Å². The highest BCUT2D eigenvalue weighted by molar-refractivity contribution is 5.85. The summed E-state index contributed by atoms with van der Waals surface area (Å²) < 4.78 is 0. The summed E-state index contributed by atoms with van der Waals surface area (Å²) in [4.78, 5) is 21.2. The molecule has 1 amide bonds. The van der Waals surface area contributed by atoms with Gasteiger partial charge in [-0.05, 0) is 12.8 Å². The van der Waals surface area contributed by atoms with E-state index in [1.54, 1.807) is 0 Å². The quantitative estimate of drug-likeness (QED) is 0.548. The fraction of sp³-hybridized carbons (Fsp3) is 0.714. The molecule has 1 spiro atoms. The van der Waals surface area contributed by atoms with Gasteiger partial charge >= 0.3 is 5.97 Å². The monoisotopic (exact) mass is 155 g/mol. The number of carboxylic acid groups (broad SMARTS) is 1. The van der Waals surface area contributed by atoms with Gasteiger partial charge in [0.2, 0.25) is 5.91 Å². The first-order valence-electron chi connectivity index (χ1n) is 3.68. The van der Waals surface area contributed by atoms with Gasteiger partial charge in [0.25, 0.3) is 0 Å². The van der Waals surface area contributed by atoms with E-state index in [1.165, 1.54) is 0 Å². The molecule has 1 aliphatic carbocycles. The number of nitrogens with one attached hydrogen (secondary N) is 1. The lowest BCUT2D eigenvalue weighted by Crippen LogP contribution is -2.31. The SMILES string of the molecule is O=C1CCC2(CC2C(=O)O)N1. The Balaban J connectivity index is 2.08. The zero-order valence-electron chi connectivity index (χ0n) is 5.96. The smallest absolute Gasteiger partial charge is 0.308 e. The number of hydrogen-bond acceptors (Lipinski definition) is 2. The molecule has 0 aromatic carbocycles. The average Bonchev–Trinajstić information content (AvgIpc) is 2.48. The van der Waals surface area contributed by atoms with Gasteiger partial charge in [0.05, 0.1) is 11.5 Å². The van der Waals surface area contributed by atoms with Crippen molar-refractivity contribution in [2.24, 2.45) is 5.92 Å². The van der Waals surface area contributed by atoms with Gasteiger partial charge in [-0.25, -0.2) is 0 Å². The third-order valence-electron chi connectivity index (χ3n) is 2.56. The van der Waals surface area contributed by atoms with Crippen molar-refractivity contribution in [2.45, 2.75) is 24.8 Å². The van der Waals surface area contributed by atoms with Crippen LogP contribution in [0.3, 0.4) is 0 Å². The number of hydrogen-bond donors (Lipinski definition) is 2. The van der Waals surface area contributed by atoms with Gasteiger partial charge in [0, 0.05) is 6.42 Å². The molecule has 0 aromatic heterocycles. The van der Waals surface area contributed by atoms with Gasteiger partial charge in [-0.1, -0.05) is 0 Å². The third kappa shape index (κ3) is 0.818. The van der Waals surface area contributed by atoms with Crippen LogP contribution in [0.25, 0.3) is 0 Å². The first-order chi connectivity index (χ1) is 5.14. The van der Waals surface area contributed by atoms with Crippen molar-refractivity contribution in [2.75, 3.05) is 0 Å². The molecule has 60 valence electrons. The topological polar surface area (TPSA) is 66.4 Å². The normalized spacial score (nSPS) is 40.7. The molecule has 2 unspecified atom stereocenters. The average molecular weight is 155 g/mol. The summed E-state index contributed by atoms with van der Waals surface area (Å²) in [6.45, 7) is 0. The molecule has 2 N–H and O–H groups in total. The number of amides is 1. The van der Waals surface area contributed by atoms with Crippen molar-refractivity contribution in [3.63, 3.8) is 0 Å². The standard InChI is InChI=1S/C7H9NO3/c9-5-1-2-7(8-5)3-4(7)6(10)11/h4H,1-3H2,(H,8,9)(H,10,11). The molecule has 11 heavy (non-hydrogen) atoms. The van der Waals surface area contributed by atoms with Gasteiger partial charge in [-0.2, -0.15) is 0 Å². The molecule has 1 saturated carbocycles. The van der Waals surface area contributed by atoms with Crippen LogP contribution in [-0.4, -0.2) is 22.5 Å². The van der Waals surface area contributed by atoms with Crippen molar-refractivity contribution >= 4 is 11.9 Å². The first kappa shape index (κ1) is 6.64. The number of carbonyl (C=O) groups excluding carboxylic acids is 1. The fourth-order valence-electron chi connectivity index (χ4n) is 1.78. The van der Waals surface area contributed by atoms with Crippen molar-refractivity contribution in [1.29, 1.82) is 0 Å². The molecule has 0 bridgehead atoms. The molecular weight excluding hydrogens is 146 g/mol. The summed E-state index contributed by atoms with van der Waals surface area (Å²) in [5.74, 6) is -1.12. The minimum atomic E-state index is -0.785. The van der Waals surface area contributed by atoms with Crippen LogP contribution >= 0.6 is 0 Å². The maximum Gasteiger partial charge on any atom is 0.308 e. The van der Waals surface area contributed by atoms with Crippen LogP contribution in [-0.2, 0) is 9.59 Å². The Morgan fingerprint density at radius 3 is 2.82 bits per heavy atom. The highest BCUT2D eigenvalue weighted by Gasteiger charge is 2.61. The lowest BCUT2D eigenvalue weighted by molar-refractivity contribution is -0.139. The van der Waals surface area contributed by atoms with Crippen LogP contribution in [0.2, 0.25) is 0 Å². The Kier molecular flexibility index (Phi) is 1.06. The van der Waals surface area contributed by atoms with E-state index in [-0.39, 0.29) is 17.4 Å². The Morgan fingerprint density at radius 2 is 2.45 bits per heavy atom. The minimum absolute atomic E-state index is 0.00579. The van der Waals surface area contributed by atoms with Gasteiger partial charge in [-0.15, -0.1) is 0 Å². The minimum Gasteiger partial charge on any atom is -0.481 e. The third-order valence-corrected chi connectivity index (χ3v) is 2.56. The predicted molar refractivity (Wildman–Crippen MR) is 35.9 cm³/mol. The summed E-state index contributed by atoms with van der Waals surface area (Å²) in [5, 5.41) is 11.3. The highest BCUT2D eigenvalue weighted by atomic mass is 16.4. The van der Waals surface area contributed by atoms with E-state index in [9.17, 15) is 9.59 Å². The lowest BCUT2D eigenvalue weighted by atomic mass is 10.1. The first-order valence-corrected chi connectivity index (χ1v) is 3.68. The summed E-state index contributed by atoms with van der Waals surface area (Å²) in [5.41, 5.74) is -0.344. The summed E-state index contributed by atoms with van der Waals surface area (Å²) in [7, 11) is 0. The summed E-state index contributed by atoms with van der Waals surface area (Å²) >= 11 is 0. The molecule has 0 radical (unpaired) electrons. The fourth-order valence-corrected chi connectivity index (χ4v) is 1.78. The Bertz CT molecular complexity index is 238. The maximum atomic E-state index is 10.8. The van der Waals surface area contributed by atoms with Crippen LogP contribution in [0, 0.1) is 5.92 Å². The van der Waals surface area contributed by atoms with Crippen LogP contribution in [0.5, 0.6) is 0 Å². The molecule has 1 aliphatic heterocycles. The van der Waals surface area contributed by atoms with Crippen LogP contribution in [0.4, 0.5) is 0 Å².